The number of hydrogen-bond acceptors (Lipinski definition) is 6. The van der Waals surface area contributed by atoms with Crippen molar-refractivity contribution in [1.29, 1.82) is 0 Å². The molecule has 2 aromatic carbocycles. The molecule has 0 saturated carbocycles. The lowest BCUT2D eigenvalue weighted by Crippen LogP contribution is -1.95. The van der Waals surface area contributed by atoms with E-state index in [9.17, 15) is 0 Å². The Morgan fingerprint density at radius 3 is 1.63 bits per heavy atom. The minimum Gasteiger partial charge on any atom is -0.493 e. The van der Waals surface area contributed by atoms with Crippen LogP contribution in [0.15, 0.2) is 35.0 Å². The van der Waals surface area contributed by atoms with Gasteiger partial charge in [0, 0.05) is 18.3 Å². The van der Waals surface area contributed by atoms with Crippen molar-refractivity contribution < 1.29 is 23.5 Å². The van der Waals surface area contributed by atoms with Crippen LogP contribution in [0.1, 0.15) is 0 Å². The zero-order chi connectivity index (χ0) is 19.6. The average Bonchev–Trinajstić information content (AvgIpc) is 3.16. The summed E-state index contributed by atoms with van der Waals surface area (Å²) >= 11 is 4.51. The Morgan fingerprint density at radius 2 is 1.11 bits per heavy atom. The Kier molecular flexibility index (Phi) is 6.35. The van der Waals surface area contributed by atoms with Gasteiger partial charge in [-0.3, -0.25) is 0 Å². The first-order valence-electron chi connectivity index (χ1n) is 7.82. The summed E-state index contributed by atoms with van der Waals surface area (Å²) in [4.78, 5) is 0. The number of ether oxygens (including phenoxy) is 4. The van der Waals surface area contributed by atoms with Crippen LogP contribution < -0.4 is 18.9 Å². The van der Waals surface area contributed by atoms with Crippen LogP contribution in [0.5, 0.6) is 23.0 Å². The maximum atomic E-state index is 5.62. The standard InChI is InChI=1S/C19H17I2NO5/c1-23-15-5-10(13(20)7-17(15)25-3)12-9-22-27-19(12)11-6-16(24-2)18(26-4)8-14(11)21/h5-9H,1-4H3. The second kappa shape index (κ2) is 8.55. The molecule has 0 saturated heterocycles. The van der Waals surface area contributed by atoms with Crippen molar-refractivity contribution in [2.24, 2.45) is 0 Å². The monoisotopic (exact) mass is 593 g/mol. The van der Waals surface area contributed by atoms with Gasteiger partial charge in [-0.05, 0) is 69.4 Å². The third kappa shape index (κ3) is 3.82. The molecule has 142 valence electrons. The van der Waals surface area contributed by atoms with Gasteiger partial charge >= 0.3 is 0 Å². The molecule has 0 aliphatic heterocycles. The van der Waals surface area contributed by atoms with Crippen molar-refractivity contribution in [3.8, 4) is 45.4 Å². The van der Waals surface area contributed by atoms with E-state index >= 15 is 0 Å². The van der Waals surface area contributed by atoms with Crippen LogP contribution in [0.4, 0.5) is 0 Å². The highest BCUT2D eigenvalue weighted by Crippen LogP contribution is 2.43. The Morgan fingerprint density at radius 1 is 0.667 bits per heavy atom. The predicted octanol–water partition coefficient (Wildman–Crippen LogP) is 5.25. The number of methoxy groups -OCH3 is 4. The van der Waals surface area contributed by atoms with Crippen LogP contribution in [0, 0.1) is 7.14 Å². The molecule has 0 unspecified atom stereocenters. The molecule has 27 heavy (non-hydrogen) atoms. The summed E-state index contributed by atoms with van der Waals surface area (Å²) in [6.45, 7) is 0. The minimum absolute atomic E-state index is 0.622. The van der Waals surface area contributed by atoms with Gasteiger partial charge in [0.15, 0.2) is 28.8 Å². The van der Waals surface area contributed by atoms with E-state index in [1.165, 1.54) is 0 Å². The largest absolute Gasteiger partial charge is 0.493 e. The number of aromatic nitrogens is 1. The Hall–Kier alpha value is -1.69. The molecule has 6 nitrogen and oxygen atoms in total. The van der Waals surface area contributed by atoms with Crippen molar-refractivity contribution in [1.82, 2.24) is 5.16 Å². The Balaban J connectivity index is 2.19. The highest BCUT2D eigenvalue weighted by Gasteiger charge is 2.21. The molecule has 1 aromatic heterocycles. The van der Waals surface area contributed by atoms with Gasteiger partial charge in [-0.15, -0.1) is 0 Å². The molecule has 0 amide bonds. The lowest BCUT2D eigenvalue weighted by atomic mass is 10.0. The lowest BCUT2D eigenvalue weighted by Gasteiger charge is -2.13. The minimum atomic E-state index is 0.622. The summed E-state index contributed by atoms with van der Waals surface area (Å²) in [5, 5.41) is 4.03. The maximum Gasteiger partial charge on any atom is 0.175 e. The van der Waals surface area contributed by atoms with Crippen LogP contribution in [0.25, 0.3) is 22.5 Å². The van der Waals surface area contributed by atoms with Crippen LogP contribution >= 0.6 is 45.2 Å². The quantitative estimate of drug-likeness (QED) is 0.364. The Bertz CT molecular complexity index is 895. The summed E-state index contributed by atoms with van der Waals surface area (Å²) in [5.41, 5.74) is 2.66. The van der Waals surface area contributed by atoms with Gasteiger partial charge in [0.2, 0.25) is 0 Å². The zero-order valence-electron chi connectivity index (χ0n) is 15.1. The van der Waals surface area contributed by atoms with E-state index in [-0.39, 0.29) is 0 Å². The van der Waals surface area contributed by atoms with Gasteiger partial charge in [0.05, 0.1) is 40.2 Å². The van der Waals surface area contributed by atoms with Crippen molar-refractivity contribution in [2.75, 3.05) is 28.4 Å². The summed E-state index contributed by atoms with van der Waals surface area (Å²) < 4.78 is 29.2. The molecular weight excluding hydrogens is 576 g/mol. The molecule has 0 atom stereocenters. The summed E-state index contributed by atoms with van der Waals surface area (Å²) in [5.74, 6) is 3.24. The molecule has 0 N–H and O–H groups in total. The molecule has 3 aromatic rings. The van der Waals surface area contributed by atoms with Crippen LogP contribution in [0.2, 0.25) is 0 Å². The van der Waals surface area contributed by atoms with Crippen molar-refractivity contribution in [3.63, 3.8) is 0 Å². The normalized spacial score (nSPS) is 10.6. The highest BCUT2D eigenvalue weighted by atomic mass is 127. The molecule has 0 spiro atoms. The van der Waals surface area contributed by atoms with E-state index in [0.29, 0.717) is 28.8 Å². The maximum absolute atomic E-state index is 5.62. The second-order valence-corrected chi connectivity index (χ2v) is 7.77. The predicted molar refractivity (Wildman–Crippen MR) is 119 cm³/mol. The van der Waals surface area contributed by atoms with E-state index in [2.05, 4.69) is 50.3 Å². The first kappa shape index (κ1) is 20.1. The van der Waals surface area contributed by atoms with E-state index in [4.69, 9.17) is 23.5 Å². The number of halogens is 2. The van der Waals surface area contributed by atoms with Crippen LogP contribution in [-0.2, 0) is 0 Å². The van der Waals surface area contributed by atoms with E-state index in [0.717, 1.165) is 23.8 Å². The second-order valence-electron chi connectivity index (χ2n) is 5.44. The van der Waals surface area contributed by atoms with Gasteiger partial charge in [-0.2, -0.15) is 0 Å². The summed E-state index contributed by atoms with van der Waals surface area (Å²) in [6.07, 6.45) is 1.70. The van der Waals surface area contributed by atoms with Crippen molar-refractivity contribution in [3.05, 3.63) is 37.6 Å². The molecule has 0 bridgehead atoms. The van der Waals surface area contributed by atoms with Crippen LogP contribution in [-0.4, -0.2) is 33.6 Å². The van der Waals surface area contributed by atoms with Gasteiger partial charge in [-0.25, -0.2) is 0 Å². The number of nitrogens with zero attached hydrogens (tertiary/aromatic N) is 1. The highest BCUT2D eigenvalue weighted by molar-refractivity contribution is 14.1. The number of rotatable bonds is 6. The molecule has 0 fully saturated rings. The fourth-order valence-electron chi connectivity index (χ4n) is 2.71. The van der Waals surface area contributed by atoms with Crippen molar-refractivity contribution >= 4 is 45.2 Å². The molecule has 1 heterocycles. The topological polar surface area (TPSA) is 63.0 Å². The number of hydrogen-bond donors (Lipinski definition) is 0. The SMILES string of the molecule is COc1cc(I)c(-c2cnoc2-c2cc(OC)c(OC)cc2I)cc1OC. The first-order chi connectivity index (χ1) is 13.0. The van der Waals surface area contributed by atoms with Crippen LogP contribution in [0.3, 0.4) is 0 Å². The molecule has 3 rings (SSSR count). The van der Waals surface area contributed by atoms with Gasteiger partial charge in [0.25, 0.3) is 0 Å². The smallest absolute Gasteiger partial charge is 0.175 e. The van der Waals surface area contributed by atoms with Gasteiger partial charge in [0.1, 0.15) is 0 Å². The third-order valence-electron chi connectivity index (χ3n) is 4.05. The fourth-order valence-corrected chi connectivity index (χ4v) is 4.13. The summed E-state index contributed by atoms with van der Waals surface area (Å²) in [6, 6.07) is 7.63. The zero-order valence-corrected chi connectivity index (χ0v) is 19.4. The van der Waals surface area contributed by atoms with Gasteiger partial charge in [-0.1, -0.05) is 5.16 Å². The molecule has 8 heteroatoms. The van der Waals surface area contributed by atoms with Gasteiger partial charge < -0.3 is 23.5 Å². The van der Waals surface area contributed by atoms with E-state index in [1.807, 2.05) is 24.3 Å². The molecule has 0 aliphatic rings. The number of benzene rings is 2. The summed E-state index contributed by atoms with van der Waals surface area (Å²) in [7, 11) is 6.44. The Labute approximate surface area is 184 Å². The third-order valence-corrected chi connectivity index (χ3v) is 5.84. The van der Waals surface area contributed by atoms with Crippen molar-refractivity contribution in [2.45, 2.75) is 0 Å². The molecule has 0 aliphatic carbocycles. The van der Waals surface area contributed by atoms with E-state index < -0.39 is 0 Å². The fraction of sp³-hybridized carbons (Fsp3) is 0.211. The average molecular weight is 593 g/mol. The molecular formula is C19H17I2NO5. The lowest BCUT2D eigenvalue weighted by molar-refractivity contribution is 0.354. The molecule has 0 radical (unpaired) electrons. The van der Waals surface area contributed by atoms with E-state index in [1.54, 1.807) is 34.6 Å². The first-order valence-corrected chi connectivity index (χ1v) is 9.98.